The number of benzene rings is 1. The quantitative estimate of drug-likeness (QED) is 0.255. The van der Waals surface area contributed by atoms with Gasteiger partial charge >= 0.3 is 6.03 Å². The summed E-state index contributed by atoms with van der Waals surface area (Å²) in [6, 6.07) is 4.93. The Bertz CT molecular complexity index is 551. The van der Waals surface area contributed by atoms with Crippen molar-refractivity contribution in [3.8, 4) is 0 Å². The van der Waals surface area contributed by atoms with Crippen molar-refractivity contribution < 1.29 is 14.0 Å². The maximum absolute atomic E-state index is 13.2. The van der Waals surface area contributed by atoms with Crippen molar-refractivity contribution in [2.45, 2.75) is 90.4 Å². The van der Waals surface area contributed by atoms with Gasteiger partial charge in [0.25, 0.3) is 0 Å². The van der Waals surface area contributed by atoms with Crippen LogP contribution in [0.5, 0.6) is 0 Å². The molecule has 0 aliphatic rings. The first-order valence-electron chi connectivity index (χ1n) is 11.0. The van der Waals surface area contributed by atoms with E-state index in [-0.39, 0.29) is 5.69 Å². The Balaban J connectivity index is 1.99. The number of anilines is 1. The summed E-state index contributed by atoms with van der Waals surface area (Å²) in [5.74, 6) is -0.478. The van der Waals surface area contributed by atoms with Crippen LogP contribution in [-0.2, 0) is 4.79 Å². The third-order valence-corrected chi connectivity index (χ3v) is 4.97. The molecule has 0 aliphatic heterocycles. The third-order valence-electron chi connectivity index (χ3n) is 4.97. The van der Waals surface area contributed by atoms with Crippen LogP contribution in [-0.4, -0.2) is 19.0 Å². The first-order valence-corrected chi connectivity index (χ1v) is 11.0. The van der Waals surface area contributed by atoms with Gasteiger partial charge in [-0.25, -0.2) is 14.1 Å². The Morgan fingerprint density at radius 2 is 1.46 bits per heavy atom. The number of imide groups is 1. The van der Waals surface area contributed by atoms with E-state index in [0.717, 1.165) is 17.7 Å². The monoisotopic (exact) mass is 392 g/mol. The number of halogens is 1. The Labute approximate surface area is 169 Å². The Kier molecular flexibility index (Phi) is 13.9. The molecule has 0 unspecified atom stereocenters. The molecule has 0 bridgehead atoms. The van der Waals surface area contributed by atoms with Crippen LogP contribution in [0.15, 0.2) is 24.3 Å². The fourth-order valence-corrected chi connectivity index (χ4v) is 3.28. The smallest absolute Gasteiger partial charge is 0.328 e. The van der Waals surface area contributed by atoms with Crippen molar-refractivity contribution in [3.05, 3.63) is 30.1 Å². The van der Waals surface area contributed by atoms with E-state index in [1.54, 1.807) is 0 Å². The maximum Gasteiger partial charge on any atom is 0.328 e. The lowest BCUT2D eigenvalue weighted by atomic mass is 10.0. The number of urea groups is 1. The Morgan fingerprint density at radius 1 is 0.929 bits per heavy atom. The van der Waals surface area contributed by atoms with Crippen LogP contribution in [0.25, 0.3) is 0 Å². The molecule has 3 amide bonds. The highest BCUT2D eigenvalue weighted by molar-refractivity contribution is 6.05. The molecule has 1 N–H and O–H groups in total. The van der Waals surface area contributed by atoms with Crippen LogP contribution >= 0.6 is 0 Å². The summed E-state index contributed by atoms with van der Waals surface area (Å²) >= 11 is 0. The van der Waals surface area contributed by atoms with Gasteiger partial charge in [-0.15, -0.1) is 0 Å². The van der Waals surface area contributed by atoms with Crippen LogP contribution in [0.3, 0.4) is 0 Å². The van der Waals surface area contributed by atoms with E-state index in [9.17, 15) is 14.0 Å². The van der Waals surface area contributed by atoms with Gasteiger partial charge in [-0.05, 0) is 24.6 Å². The van der Waals surface area contributed by atoms with Gasteiger partial charge in [0.15, 0.2) is 0 Å². The lowest BCUT2D eigenvalue weighted by Crippen LogP contribution is -2.39. The molecule has 1 rings (SSSR count). The predicted octanol–water partition coefficient (Wildman–Crippen LogP) is 6.59. The molecule has 0 aromatic heterocycles. The number of carbonyl (C=O) groups is 2. The number of carbonyl (C=O) groups excluding carboxylic acids is 2. The summed E-state index contributed by atoms with van der Waals surface area (Å²) < 4.78 is 13.2. The molecule has 0 saturated heterocycles. The second-order valence-electron chi connectivity index (χ2n) is 7.43. The van der Waals surface area contributed by atoms with Gasteiger partial charge in [0, 0.05) is 6.54 Å². The van der Waals surface area contributed by atoms with E-state index in [2.05, 4.69) is 12.2 Å². The van der Waals surface area contributed by atoms with Crippen LogP contribution < -0.4 is 10.2 Å². The van der Waals surface area contributed by atoms with Crippen molar-refractivity contribution >= 4 is 18.1 Å². The SMILES string of the molecule is CCCCCCCCCCCCCCCNC(=O)N(C=O)c1cccc(F)c1. The molecule has 0 radical (unpaired) electrons. The van der Waals surface area contributed by atoms with Crippen molar-refractivity contribution in [2.75, 3.05) is 11.4 Å². The minimum absolute atomic E-state index is 0.234. The Morgan fingerprint density at radius 3 is 1.96 bits per heavy atom. The van der Waals surface area contributed by atoms with Gasteiger partial charge in [0.2, 0.25) is 6.41 Å². The number of rotatable bonds is 16. The van der Waals surface area contributed by atoms with Crippen LogP contribution in [0.4, 0.5) is 14.9 Å². The molecule has 0 fully saturated rings. The highest BCUT2D eigenvalue weighted by atomic mass is 19.1. The van der Waals surface area contributed by atoms with E-state index in [1.807, 2.05) is 0 Å². The zero-order chi connectivity index (χ0) is 20.5. The molecule has 1 aromatic carbocycles. The first kappa shape index (κ1) is 24.1. The highest BCUT2D eigenvalue weighted by Gasteiger charge is 2.14. The third kappa shape index (κ3) is 11.1. The van der Waals surface area contributed by atoms with Crippen LogP contribution in [0, 0.1) is 5.82 Å². The summed E-state index contributed by atoms with van der Waals surface area (Å²) in [5.41, 5.74) is 0.234. The molecular formula is C23H37FN2O2. The fourth-order valence-electron chi connectivity index (χ4n) is 3.28. The number of hydrogen-bond donors (Lipinski definition) is 1. The first-order chi connectivity index (χ1) is 13.7. The van der Waals surface area contributed by atoms with Gasteiger partial charge in [0.05, 0.1) is 5.69 Å². The molecular weight excluding hydrogens is 355 g/mol. The van der Waals surface area contributed by atoms with Gasteiger partial charge < -0.3 is 5.32 Å². The summed E-state index contributed by atoms with van der Waals surface area (Å²) in [4.78, 5) is 24.1. The molecule has 1 aromatic rings. The van der Waals surface area contributed by atoms with Gasteiger partial charge in [-0.2, -0.15) is 0 Å². The highest BCUT2D eigenvalue weighted by Crippen LogP contribution is 2.14. The molecule has 0 atom stereocenters. The normalized spacial score (nSPS) is 10.6. The van der Waals surface area contributed by atoms with E-state index in [4.69, 9.17) is 0 Å². The average molecular weight is 393 g/mol. The molecule has 0 aliphatic carbocycles. The summed E-state index contributed by atoms with van der Waals surface area (Å²) in [6.45, 7) is 2.77. The molecule has 0 spiro atoms. The number of hydrogen-bond acceptors (Lipinski definition) is 2. The molecule has 28 heavy (non-hydrogen) atoms. The molecule has 5 heteroatoms. The zero-order valence-electron chi connectivity index (χ0n) is 17.4. The summed E-state index contributed by atoms with van der Waals surface area (Å²) in [5, 5.41) is 2.72. The van der Waals surface area contributed by atoms with Gasteiger partial charge in [0.1, 0.15) is 5.82 Å². The van der Waals surface area contributed by atoms with Crippen molar-refractivity contribution in [2.24, 2.45) is 0 Å². The number of nitrogens with zero attached hydrogens (tertiary/aromatic N) is 1. The second kappa shape index (κ2) is 16.1. The van der Waals surface area contributed by atoms with E-state index in [0.29, 0.717) is 13.0 Å². The van der Waals surface area contributed by atoms with Crippen molar-refractivity contribution in [1.82, 2.24) is 5.32 Å². The molecule has 4 nitrogen and oxygen atoms in total. The van der Waals surface area contributed by atoms with Gasteiger partial charge in [-0.3, -0.25) is 4.79 Å². The van der Waals surface area contributed by atoms with Crippen LogP contribution in [0.1, 0.15) is 90.4 Å². The lowest BCUT2D eigenvalue weighted by molar-refractivity contribution is -0.106. The van der Waals surface area contributed by atoms with Crippen LogP contribution in [0.2, 0.25) is 0 Å². The largest absolute Gasteiger partial charge is 0.337 e. The maximum atomic E-state index is 13.2. The molecule has 158 valence electrons. The lowest BCUT2D eigenvalue weighted by Gasteiger charge is -2.16. The molecule has 0 saturated carbocycles. The molecule has 0 heterocycles. The second-order valence-corrected chi connectivity index (χ2v) is 7.43. The topological polar surface area (TPSA) is 49.4 Å². The number of amides is 3. The zero-order valence-corrected chi connectivity index (χ0v) is 17.4. The number of unbranched alkanes of at least 4 members (excludes halogenated alkanes) is 12. The van der Waals surface area contributed by atoms with Gasteiger partial charge in [-0.1, -0.05) is 90.0 Å². The Hall–Kier alpha value is -1.91. The van der Waals surface area contributed by atoms with E-state index >= 15 is 0 Å². The average Bonchev–Trinajstić information content (AvgIpc) is 2.69. The summed E-state index contributed by atoms with van der Waals surface area (Å²) in [7, 11) is 0. The minimum atomic E-state index is -0.514. The fraction of sp³-hybridized carbons (Fsp3) is 0.652. The van der Waals surface area contributed by atoms with E-state index < -0.39 is 11.8 Å². The van der Waals surface area contributed by atoms with E-state index in [1.165, 1.54) is 94.9 Å². The van der Waals surface area contributed by atoms with Crippen molar-refractivity contribution in [3.63, 3.8) is 0 Å². The standard InChI is InChI=1S/C23H37FN2O2/c1-2-3-4-5-6-7-8-9-10-11-12-13-14-18-25-23(28)26(20-27)22-17-15-16-21(24)19-22/h15-17,19-20H,2-14,18H2,1H3,(H,25,28). The summed E-state index contributed by atoms with van der Waals surface area (Å²) in [6.07, 6.45) is 17.0. The van der Waals surface area contributed by atoms with Crippen molar-refractivity contribution in [1.29, 1.82) is 0 Å². The predicted molar refractivity (Wildman–Crippen MR) is 114 cm³/mol. The minimum Gasteiger partial charge on any atom is -0.337 e. The number of nitrogens with one attached hydrogen (secondary N) is 1.